The van der Waals surface area contributed by atoms with Crippen molar-refractivity contribution < 1.29 is 19.1 Å². The van der Waals surface area contributed by atoms with E-state index in [1.807, 2.05) is 0 Å². The number of hydrogen-bond donors (Lipinski definition) is 1. The summed E-state index contributed by atoms with van der Waals surface area (Å²) < 4.78 is 18.5. The third-order valence-corrected chi connectivity index (χ3v) is 5.06. The van der Waals surface area contributed by atoms with Gasteiger partial charge in [-0.15, -0.1) is 0 Å². The van der Waals surface area contributed by atoms with Crippen LogP contribution in [-0.4, -0.2) is 59.3 Å². The summed E-state index contributed by atoms with van der Waals surface area (Å²) >= 11 is 1.02. The van der Waals surface area contributed by atoms with E-state index in [1.165, 1.54) is 20.4 Å². The maximum Gasteiger partial charge on any atom is 0.275 e. The second-order valence-corrected chi connectivity index (χ2v) is 6.86. The Morgan fingerprint density at radius 3 is 2.89 bits per heavy atom. The molecule has 1 saturated heterocycles. The van der Waals surface area contributed by atoms with Gasteiger partial charge in [0.05, 0.1) is 37.7 Å². The number of methoxy groups -OCH3 is 2. The van der Waals surface area contributed by atoms with Crippen molar-refractivity contribution in [2.75, 3.05) is 33.9 Å². The van der Waals surface area contributed by atoms with Crippen molar-refractivity contribution in [3.8, 4) is 11.5 Å². The molecule has 0 unspecified atom stereocenters. The standard InChI is InChI=1S/C18H22N4O4S/c1-25-15-7-3-6-13(16(15)26-2)17(23)19-9-12-5-4-8-22(11-12)18(24)14-10-20-27-21-14/h3,6-7,10,12H,4-5,8-9,11H2,1-2H3,(H,19,23)/t12-/m0/s1. The van der Waals surface area contributed by atoms with Crippen molar-refractivity contribution in [2.45, 2.75) is 12.8 Å². The molecule has 1 aromatic heterocycles. The highest BCUT2D eigenvalue weighted by Crippen LogP contribution is 2.30. The molecule has 0 aliphatic carbocycles. The number of nitrogens with zero attached hydrogens (tertiary/aromatic N) is 3. The first-order valence-electron chi connectivity index (χ1n) is 8.70. The van der Waals surface area contributed by atoms with E-state index in [9.17, 15) is 9.59 Å². The quantitative estimate of drug-likeness (QED) is 0.809. The van der Waals surface area contributed by atoms with E-state index in [1.54, 1.807) is 23.1 Å². The molecule has 0 spiro atoms. The van der Waals surface area contributed by atoms with Crippen LogP contribution in [0.3, 0.4) is 0 Å². The van der Waals surface area contributed by atoms with Crippen LogP contribution in [-0.2, 0) is 0 Å². The lowest BCUT2D eigenvalue weighted by Gasteiger charge is -2.32. The van der Waals surface area contributed by atoms with Crippen molar-refractivity contribution in [2.24, 2.45) is 5.92 Å². The van der Waals surface area contributed by atoms with Gasteiger partial charge in [-0.2, -0.15) is 8.75 Å². The maximum absolute atomic E-state index is 12.6. The third-order valence-electron chi connectivity index (χ3n) is 4.59. The predicted octanol–water partition coefficient (Wildman–Crippen LogP) is 1.84. The van der Waals surface area contributed by atoms with Crippen LogP contribution < -0.4 is 14.8 Å². The number of amides is 2. The van der Waals surface area contributed by atoms with Gasteiger partial charge in [0.1, 0.15) is 0 Å². The predicted molar refractivity (Wildman–Crippen MR) is 100 cm³/mol. The van der Waals surface area contributed by atoms with Gasteiger partial charge in [0, 0.05) is 19.6 Å². The highest BCUT2D eigenvalue weighted by atomic mass is 32.1. The molecule has 1 aromatic carbocycles. The highest BCUT2D eigenvalue weighted by molar-refractivity contribution is 6.99. The molecule has 144 valence electrons. The summed E-state index contributed by atoms with van der Waals surface area (Å²) in [6.07, 6.45) is 3.34. The largest absolute Gasteiger partial charge is 0.493 e. The lowest BCUT2D eigenvalue weighted by atomic mass is 9.97. The number of aromatic nitrogens is 2. The maximum atomic E-state index is 12.6. The van der Waals surface area contributed by atoms with E-state index in [0.29, 0.717) is 42.4 Å². The molecule has 8 nitrogen and oxygen atoms in total. The van der Waals surface area contributed by atoms with E-state index in [0.717, 1.165) is 24.6 Å². The van der Waals surface area contributed by atoms with Gasteiger partial charge in [0.2, 0.25) is 0 Å². The Bertz CT molecular complexity index is 797. The first-order chi connectivity index (χ1) is 13.1. The lowest BCUT2D eigenvalue weighted by molar-refractivity contribution is 0.0666. The number of piperidine rings is 1. The van der Waals surface area contributed by atoms with Crippen molar-refractivity contribution in [1.82, 2.24) is 19.0 Å². The topological polar surface area (TPSA) is 93.7 Å². The molecule has 1 aliphatic rings. The number of para-hydroxylation sites is 1. The molecule has 1 fully saturated rings. The van der Waals surface area contributed by atoms with Crippen molar-refractivity contribution >= 4 is 23.5 Å². The molecular formula is C18H22N4O4S. The number of benzene rings is 1. The number of carbonyl (C=O) groups is 2. The van der Waals surface area contributed by atoms with Crippen molar-refractivity contribution in [3.05, 3.63) is 35.7 Å². The van der Waals surface area contributed by atoms with E-state index in [2.05, 4.69) is 14.1 Å². The summed E-state index contributed by atoms with van der Waals surface area (Å²) in [4.78, 5) is 26.8. The number of ether oxygens (including phenoxy) is 2. The Balaban J connectivity index is 1.60. The van der Waals surface area contributed by atoms with Crippen LogP contribution >= 0.6 is 11.7 Å². The summed E-state index contributed by atoms with van der Waals surface area (Å²) in [6.45, 7) is 1.77. The fourth-order valence-electron chi connectivity index (χ4n) is 3.24. The van der Waals surface area contributed by atoms with Gasteiger partial charge in [0.15, 0.2) is 17.2 Å². The van der Waals surface area contributed by atoms with Gasteiger partial charge in [-0.25, -0.2) is 0 Å². The molecule has 2 aromatic rings. The SMILES string of the molecule is COc1cccc(C(=O)NC[C@@H]2CCCN(C(=O)c3cnsn3)C2)c1OC. The minimum Gasteiger partial charge on any atom is -0.493 e. The van der Waals surface area contributed by atoms with Gasteiger partial charge in [-0.1, -0.05) is 6.07 Å². The summed E-state index contributed by atoms with van der Waals surface area (Å²) in [6, 6.07) is 5.19. The first-order valence-corrected chi connectivity index (χ1v) is 9.43. The van der Waals surface area contributed by atoms with E-state index in [4.69, 9.17) is 9.47 Å². The number of hydrogen-bond acceptors (Lipinski definition) is 7. The summed E-state index contributed by atoms with van der Waals surface area (Å²) in [7, 11) is 3.04. The lowest BCUT2D eigenvalue weighted by Crippen LogP contribution is -2.43. The van der Waals surface area contributed by atoms with Gasteiger partial charge < -0.3 is 19.7 Å². The molecule has 3 rings (SSSR count). The molecule has 2 amide bonds. The van der Waals surface area contributed by atoms with Crippen LogP contribution in [0.1, 0.15) is 33.7 Å². The zero-order valence-corrected chi connectivity index (χ0v) is 16.1. The second-order valence-electron chi connectivity index (χ2n) is 6.30. The van der Waals surface area contributed by atoms with Crippen LogP contribution in [0.25, 0.3) is 0 Å². The second kappa shape index (κ2) is 8.81. The van der Waals surface area contributed by atoms with E-state index < -0.39 is 0 Å². The molecule has 9 heteroatoms. The van der Waals surface area contributed by atoms with Crippen LogP contribution in [0.5, 0.6) is 11.5 Å². The Hall–Kier alpha value is -2.68. The van der Waals surface area contributed by atoms with Crippen LogP contribution in [0.2, 0.25) is 0 Å². The van der Waals surface area contributed by atoms with Crippen LogP contribution in [0, 0.1) is 5.92 Å². The first kappa shape index (κ1) is 19.1. The Morgan fingerprint density at radius 1 is 1.33 bits per heavy atom. The average Bonchev–Trinajstić information content (AvgIpc) is 3.25. The summed E-state index contributed by atoms with van der Waals surface area (Å²) in [5.74, 6) is 0.785. The molecule has 1 N–H and O–H groups in total. The number of carbonyl (C=O) groups excluding carboxylic acids is 2. The van der Waals surface area contributed by atoms with Gasteiger partial charge in [-0.05, 0) is 30.9 Å². The summed E-state index contributed by atoms with van der Waals surface area (Å²) in [5, 5.41) is 2.95. The Kier molecular flexibility index (Phi) is 6.23. The van der Waals surface area contributed by atoms with Gasteiger partial charge >= 0.3 is 0 Å². The minimum atomic E-state index is -0.224. The molecule has 0 radical (unpaired) electrons. The molecule has 2 heterocycles. The zero-order chi connectivity index (χ0) is 19.2. The Labute approximate surface area is 161 Å². The normalized spacial score (nSPS) is 16.7. The zero-order valence-electron chi connectivity index (χ0n) is 15.3. The average molecular weight is 390 g/mol. The van der Waals surface area contributed by atoms with Crippen LogP contribution in [0.15, 0.2) is 24.4 Å². The fraction of sp³-hybridized carbons (Fsp3) is 0.444. The summed E-state index contributed by atoms with van der Waals surface area (Å²) in [5.41, 5.74) is 0.806. The minimum absolute atomic E-state index is 0.103. The smallest absolute Gasteiger partial charge is 0.275 e. The highest BCUT2D eigenvalue weighted by Gasteiger charge is 2.26. The number of likely N-dealkylation sites (tertiary alicyclic amines) is 1. The molecule has 1 aliphatic heterocycles. The van der Waals surface area contributed by atoms with Gasteiger partial charge in [0.25, 0.3) is 11.8 Å². The number of nitrogens with one attached hydrogen (secondary N) is 1. The van der Waals surface area contributed by atoms with E-state index >= 15 is 0 Å². The van der Waals surface area contributed by atoms with Gasteiger partial charge in [-0.3, -0.25) is 9.59 Å². The molecule has 0 saturated carbocycles. The molecule has 27 heavy (non-hydrogen) atoms. The molecular weight excluding hydrogens is 368 g/mol. The monoisotopic (exact) mass is 390 g/mol. The van der Waals surface area contributed by atoms with Crippen molar-refractivity contribution in [3.63, 3.8) is 0 Å². The van der Waals surface area contributed by atoms with E-state index in [-0.39, 0.29) is 17.7 Å². The van der Waals surface area contributed by atoms with Crippen LogP contribution in [0.4, 0.5) is 0 Å². The third kappa shape index (κ3) is 4.36. The molecule has 0 bridgehead atoms. The van der Waals surface area contributed by atoms with Crippen molar-refractivity contribution in [1.29, 1.82) is 0 Å². The number of rotatable bonds is 6. The molecule has 1 atom stereocenters. The fourth-order valence-corrected chi connectivity index (χ4v) is 3.64. The Morgan fingerprint density at radius 2 is 2.19 bits per heavy atom.